The van der Waals surface area contributed by atoms with Gasteiger partial charge in [-0.2, -0.15) is 0 Å². The number of nitrogens with zero attached hydrogens (tertiary/aromatic N) is 3. The van der Waals surface area contributed by atoms with Crippen molar-refractivity contribution < 1.29 is 0 Å². The average molecular weight is 523 g/mol. The lowest BCUT2D eigenvalue weighted by atomic mass is 10.1. The minimum Gasteiger partial charge on any atom is -0.352 e. The van der Waals surface area contributed by atoms with Gasteiger partial charge in [0.05, 0.1) is 0 Å². The van der Waals surface area contributed by atoms with Crippen molar-refractivity contribution in [1.29, 1.82) is 0 Å². The van der Waals surface area contributed by atoms with Crippen LogP contribution >= 0.6 is 39.9 Å². The van der Waals surface area contributed by atoms with Gasteiger partial charge in [0.15, 0.2) is 5.96 Å². The number of benzene rings is 1. The topological polar surface area (TPSA) is 30.9 Å². The Bertz CT molecular complexity index is 560. The molecule has 4 nitrogen and oxygen atoms in total. The Morgan fingerprint density at radius 2 is 2.08 bits per heavy atom. The van der Waals surface area contributed by atoms with Crippen LogP contribution in [0.15, 0.2) is 27.7 Å². The zero-order valence-corrected chi connectivity index (χ0v) is 19.8. The van der Waals surface area contributed by atoms with E-state index in [-0.39, 0.29) is 24.0 Å². The van der Waals surface area contributed by atoms with E-state index in [0.29, 0.717) is 0 Å². The number of hydrogen-bond acceptors (Lipinski definition) is 2. The molecule has 142 valence electrons. The number of guanidine groups is 1. The molecule has 1 aliphatic rings. The summed E-state index contributed by atoms with van der Waals surface area (Å²) in [5.41, 5.74) is 2.62. The van der Waals surface area contributed by atoms with Gasteiger partial charge >= 0.3 is 0 Å². The number of likely N-dealkylation sites (tertiary alicyclic amines) is 1. The summed E-state index contributed by atoms with van der Waals surface area (Å²) in [4.78, 5) is 9.42. The first kappa shape index (κ1) is 22.7. The summed E-state index contributed by atoms with van der Waals surface area (Å²) in [5.74, 6) is 1.78. The first-order valence-corrected chi connectivity index (χ1v) is 9.79. The van der Waals surface area contributed by atoms with Crippen molar-refractivity contribution in [3.8, 4) is 0 Å². The Labute approximate surface area is 178 Å². The van der Waals surface area contributed by atoms with Crippen LogP contribution in [0.25, 0.3) is 0 Å². The summed E-state index contributed by atoms with van der Waals surface area (Å²) < 4.78 is 1.13. The van der Waals surface area contributed by atoms with E-state index in [1.807, 2.05) is 7.05 Å². The Hall–Kier alpha value is -0.340. The predicted octanol–water partition coefficient (Wildman–Crippen LogP) is 4.11. The number of nitrogens with one attached hydrogen (secondary N) is 1. The van der Waals surface area contributed by atoms with Gasteiger partial charge in [-0.05, 0) is 55.6 Å². The van der Waals surface area contributed by atoms with Gasteiger partial charge in [0.1, 0.15) is 0 Å². The second-order valence-electron chi connectivity index (χ2n) is 6.56. The highest BCUT2D eigenvalue weighted by Gasteiger charge is 2.25. The third-order valence-corrected chi connectivity index (χ3v) is 5.44. The van der Waals surface area contributed by atoms with Crippen LogP contribution in [0.5, 0.6) is 0 Å². The average Bonchev–Trinajstić information content (AvgIpc) is 3.03. The molecule has 2 rings (SSSR count). The fraction of sp³-hybridized carbons (Fsp3) is 0.632. The van der Waals surface area contributed by atoms with E-state index >= 15 is 0 Å². The van der Waals surface area contributed by atoms with Gasteiger partial charge in [-0.25, -0.2) is 0 Å². The predicted molar refractivity (Wildman–Crippen MR) is 122 cm³/mol. The van der Waals surface area contributed by atoms with E-state index in [4.69, 9.17) is 0 Å². The summed E-state index contributed by atoms with van der Waals surface area (Å²) in [7, 11) is 1.88. The third kappa shape index (κ3) is 6.71. The van der Waals surface area contributed by atoms with Crippen LogP contribution in [0.3, 0.4) is 0 Å². The van der Waals surface area contributed by atoms with Gasteiger partial charge in [0.25, 0.3) is 0 Å². The van der Waals surface area contributed by atoms with Gasteiger partial charge in [0, 0.05) is 37.7 Å². The highest BCUT2D eigenvalue weighted by atomic mass is 127. The van der Waals surface area contributed by atoms with Crippen molar-refractivity contribution in [2.24, 2.45) is 10.9 Å². The molecule has 1 aromatic rings. The standard InChI is InChI=1S/C19H31BrN4.HI/c1-5-23(6-2)13-16-9-10-24(14-16)19(21-4)22-12-17-7-8-18(20)11-15(17)3;/h7-8,11,16H,5-6,9-10,12-14H2,1-4H3,(H,21,22);1H. The summed E-state index contributed by atoms with van der Waals surface area (Å²) in [6.45, 7) is 13.2. The van der Waals surface area contributed by atoms with Crippen LogP contribution in [0.1, 0.15) is 31.4 Å². The highest BCUT2D eigenvalue weighted by Crippen LogP contribution is 2.19. The molecule has 0 radical (unpaired) electrons. The van der Waals surface area contributed by atoms with Gasteiger partial charge in [-0.3, -0.25) is 4.99 Å². The van der Waals surface area contributed by atoms with Gasteiger partial charge in [0.2, 0.25) is 0 Å². The fourth-order valence-electron chi connectivity index (χ4n) is 3.39. The van der Waals surface area contributed by atoms with Crippen LogP contribution in [0.4, 0.5) is 0 Å². The summed E-state index contributed by atoms with van der Waals surface area (Å²) in [6.07, 6.45) is 1.26. The molecule has 1 N–H and O–H groups in total. The Balaban J connectivity index is 0.00000312. The molecule has 0 saturated carbocycles. The maximum Gasteiger partial charge on any atom is 0.193 e. The molecule has 0 aliphatic carbocycles. The van der Waals surface area contributed by atoms with Crippen molar-refractivity contribution in [2.45, 2.75) is 33.7 Å². The minimum atomic E-state index is 0. The zero-order chi connectivity index (χ0) is 17.5. The number of aryl methyl sites for hydroxylation is 1. The molecular weight excluding hydrogens is 491 g/mol. The molecule has 25 heavy (non-hydrogen) atoms. The van der Waals surface area contributed by atoms with Crippen LogP contribution in [0.2, 0.25) is 0 Å². The van der Waals surface area contributed by atoms with Gasteiger partial charge in [-0.15, -0.1) is 24.0 Å². The lowest BCUT2D eigenvalue weighted by Crippen LogP contribution is -2.40. The highest BCUT2D eigenvalue weighted by molar-refractivity contribution is 14.0. The number of rotatable bonds is 6. The molecule has 0 bridgehead atoms. The first-order chi connectivity index (χ1) is 11.6. The number of aliphatic imine (C=N–C) groups is 1. The maximum absolute atomic E-state index is 4.49. The molecule has 0 amide bonds. The van der Waals surface area contributed by atoms with E-state index in [9.17, 15) is 0 Å². The molecule has 1 aliphatic heterocycles. The number of halogens is 2. The van der Waals surface area contributed by atoms with E-state index in [2.05, 4.69) is 75.0 Å². The molecule has 6 heteroatoms. The van der Waals surface area contributed by atoms with Crippen LogP contribution in [-0.2, 0) is 6.54 Å². The fourth-order valence-corrected chi connectivity index (χ4v) is 3.86. The molecule has 1 fully saturated rings. The quantitative estimate of drug-likeness (QED) is 0.346. The van der Waals surface area contributed by atoms with Crippen molar-refractivity contribution in [3.63, 3.8) is 0 Å². The largest absolute Gasteiger partial charge is 0.352 e. The Kier molecular flexibility index (Phi) is 10.3. The van der Waals surface area contributed by atoms with Crippen molar-refractivity contribution in [2.75, 3.05) is 39.8 Å². The van der Waals surface area contributed by atoms with E-state index in [1.54, 1.807) is 0 Å². The Morgan fingerprint density at radius 3 is 2.68 bits per heavy atom. The van der Waals surface area contributed by atoms with E-state index in [1.165, 1.54) is 24.1 Å². The van der Waals surface area contributed by atoms with Crippen LogP contribution in [0, 0.1) is 12.8 Å². The molecule has 1 atom stereocenters. The zero-order valence-electron chi connectivity index (χ0n) is 15.9. The van der Waals surface area contributed by atoms with Gasteiger partial charge in [-0.1, -0.05) is 35.8 Å². The molecule has 0 spiro atoms. The van der Waals surface area contributed by atoms with Crippen molar-refractivity contribution in [1.82, 2.24) is 15.1 Å². The van der Waals surface area contributed by atoms with Crippen molar-refractivity contribution >= 4 is 45.9 Å². The molecule has 0 aromatic heterocycles. The van der Waals surface area contributed by atoms with Crippen LogP contribution < -0.4 is 5.32 Å². The SMILES string of the molecule is CCN(CC)CC1CCN(C(=NC)NCc2ccc(Br)cc2C)C1.I. The molecular formula is C19H32BrIN4. The molecule has 1 saturated heterocycles. The molecule has 1 aromatic carbocycles. The van der Waals surface area contributed by atoms with Gasteiger partial charge < -0.3 is 15.1 Å². The normalized spacial score (nSPS) is 17.8. The summed E-state index contributed by atoms with van der Waals surface area (Å²) in [5, 5.41) is 3.54. The smallest absolute Gasteiger partial charge is 0.193 e. The Morgan fingerprint density at radius 1 is 1.36 bits per heavy atom. The third-order valence-electron chi connectivity index (χ3n) is 4.95. The summed E-state index contributed by atoms with van der Waals surface area (Å²) >= 11 is 3.53. The van der Waals surface area contributed by atoms with Crippen molar-refractivity contribution in [3.05, 3.63) is 33.8 Å². The maximum atomic E-state index is 4.49. The lowest BCUT2D eigenvalue weighted by molar-refractivity contribution is 0.255. The second kappa shape index (κ2) is 11.4. The van der Waals surface area contributed by atoms with E-state index < -0.39 is 0 Å². The lowest BCUT2D eigenvalue weighted by Gasteiger charge is -2.24. The monoisotopic (exact) mass is 522 g/mol. The minimum absolute atomic E-state index is 0. The second-order valence-corrected chi connectivity index (χ2v) is 7.47. The summed E-state index contributed by atoms with van der Waals surface area (Å²) in [6, 6.07) is 6.44. The molecule has 1 heterocycles. The first-order valence-electron chi connectivity index (χ1n) is 9.00. The van der Waals surface area contributed by atoms with E-state index in [0.717, 1.165) is 49.1 Å². The molecule has 1 unspecified atom stereocenters. The number of hydrogen-bond donors (Lipinski definition) is 1. The van der Waals surface area contributed by atoms with Crippen LogP contribution in [-0.4, -0.2) is 55.5 Å².